The summed E-state index contributed by atoms with van der Waals surface area (Å²) in [6.45, 7) is 4.24. The molecule has 0 atom stereocenters. The molecule has 8 nitrogen and oxygen atoms in total. The van der Waals surface area contributed by atoms with E-state index in [0.717, 1.165) is 5.56 Å². The SMILES string of the molecule is C=CCn1c(SCC(=O)Nc2scc(-c3ccc(F)cc3)c2C(=O)OC)nnc1-c1cccnc1. The molecule has 0 fully saturated rings. The predicted octanol–water partition coefficient (Wildman–Crippen LogP) is 4.91. The lowest BCUT2D eigenvalue weighted by molar-refractivity contribution is -0.113. The summed E-state index contributed by atoms with van der Waals surface area (Å²) in [5, 5.41) is 13.9. The number of pyridine rings is 1. The van der Waals surface area contributed by atoms with Gasteiger partial charge >= 0.3 is 5.97 Å². The van der Waals surface area contributed by atoms with Crippen molar-refractivity contribution in [2.75, 3.05) is 18.2 Å². The molecule has 0 aliphatic heterocycles. The number of nitrogens with one attached hydrogen (secondary N) is 1. The number of thiophene rings is 1. The molecule has 3 heterocycles. The summed E-state index contributed by atoms with van der Waals surface area (Å²) in [5.41, 5.74) is 2.21. The Bertz CT molecular complexity index is 1350. The average Bonchev–Trinajstić information content (AvgIpc) is 3.47. The quantitative estimate of drug-likeness (QED) is 0.194. The van der Waals surface area contributed by atoms with E-state index in [1.54, 1.807) is 36.0 Å². The maximum Gasteiger partial charge on any atom is 0.341 e. The minimum atomic E-state index is -0.597. The number of esters is 1. The summed E-state index contributed by atoms with van der Waals surface area (Å²) < 4.78 is 20.1. The van der Waals surface area contributed by atoms with Crippen molar-refractivity contribution in [3.05, 3.63) is 78.2 Å². The second-order valence-corrected chi connectivity index (χ2v) is 8.96. The number of rotatable bonds is 9. The number of hydrogen-bond donors (Lipinski definition) is 1. The number of anilines is 1. The highest BCUT2D eigenvalue weighted by molar-refractivity contribution is 7.99. The van der Waals surface area contributed by atoms with Gasteiger partial charge in [0, 0.05) is 35.4 Å². The van der Waals surface area contributed by atoms with Gasteiger partial charge in [-0.15, -0.1) is 28.1 Å². The van der Waals surface area contributed by atoms with Gasteiger partial charge in [0.05, 0.1) is 12.9 Å². The molecule has 0 unspecified atom stereocenters. The topological polar surface area (TPSA) is 99.0 Å². The first-order valence-corrected chi connectivity index (χ1v) is 12.2. The van der Waals surface area contributed by atoms with Crippen molar-refractivity contribution >= 4 is 40.0 Å². The summed E-state index contributed by atoms with van der Waals surface area (Å²) in [7, 11) is 1.27. The van der Waals surface area contributed by atoms with Crippen molar-refractivity contribution < 1.29 is 18.7 Å². The lowest BCUT2D eigenvalue weighted by atomic mass is 10.0. The van der Waals surface area contributed by atoms with Gasteiger partial charge < -0.3 is 10.1 Å². The largest absolute Gasteiger partial charge is 0.465 e. The smallest absolute Gasteiger partial charge is 0.341 e. The number of carbonyl (C=O) groups excluding carboxylic acids is 2. The molecule has 0 saturated heterocycles. The third-order valence-corrected chi connectivity index (χ3v) is 6.73. The first-order chi connectivity index (χ1) is 17.0. The van der Waals surface area contributed by atoms with Crippen molar-refractivity contribution in [1.29, 1.82) is 0 Å². The normalized spacial score (nSPS) is 10.7. The minimum Gasteiger partial charge on any atom is -0.465 e. The van der Waals surface area contributed by atoms with Crippen LogP contribution in [0.15, 0.2) is 72.0 Å². The van der Waals surface area contributed by atoms with Crippen LogP contribution in [0, 0.1) is 5.82 Å². The van der Waals surface area contributed by atoms with Crippen LogP contribution in [0.25, 0.3) is 22.5 Å². The third-order valence-electron chi connectivity index (χ3n) is 4.87. The van der Waals surface area contributed by atoms with E-state index >= 15 is 0 Å². The van der Waals surface area contributed by atoms with Crippen LogP contribution in [0.2, 0.25) is 0 Å². The van der Waals surface area contributed by atoms with Gasteiger partial charge in [0.2, 0.25) is 5.91 Å². The summed E-state index contributed by atoms with van der Waals surface area (Å²) in [6, 6.07) is 9.43. The van der Waals surface area contributed by atoms with Crippen LogP contribution in [0.4, 0.5) is 9.39 Å². The van der Waals surface area contributed by atoms with Crippen LogP contribution >= 0.6 is 23.1 Å². The van der Waals surface area contributed by atoms with Gasteiger partial charge in [-0.05, 0) is 29.8 Å². The first-order valence-electron chi connectivity index (χ1n) is 10.3. The summed E-state index contributed by atoms with van der Waals surface area (Å²) in [6.07, 6.45) is 5.08. The van der Waals surface area contributed by atoms with Gasteiger partial charge in [-0.25, -0.2) is 9.18 Å². The Labute approximate surface area is 208 Å². The zero-order chi connectivity index (χ0) is 24.8. The molecule has 1 amide bonds. The van der Waals surface area contributed by atoms with Gasteiger partial charge in [-0.2, -0.15) is 0 Å². The molecule has 1 N–H and O–H groups in total. The molecule has 4 rings (SSSR count). The Morgan fingerprint density at radius 3 is 2.71 bits per heavy atom. The van der Waals surface area contributed by atoms with Crippen molar-refractivity contribution in [2.45, 2.75) is 11.7 Å². The fraction of sp³-hybridized carbons (Fsp3) is 0.125. The predicted molar refractivity (Wildman–Crippen MR) is 134 cm³/mol. The Kier molecular flexibility index (Phi) is 7.68. The number of halogens is 1. The van der Waals surface area contributed by atoms with Gasteiger partial charge in [-0.3, -0.25) is 14.3 Å². The van der Waals surface area contributed by atoms with E-state index in [1.165, 1.54) is 42.3 Å². The van der Waals surface area contributed by atoms with Gasteiger partial charge in [0.25, 0.3) is 0 Å². The monoisotopic (exact) mass is 509 g/mol. The molecule has 35 heavy (non-hydrogen) atoms. The van der Waals surface area contributed by atoms with Gasteiger partial charge in [0.1, 0.15) is 16.4 Å². The number of thioether (sulfide) groups is 1. The standard InChI is InChI=1S/C24H20FN5O3S2/c1-3-11-30-21(16-5-4-10-26-12-16)28-29-24(30)35-14-19(31)27-22-20(23(32)33-2)18(13-34-22)15-6-8-17(25)9-7-15/h3-10,12-13H,1,11,14H2,2H3,(H,27,31). The first kappa shape index (κ1) is 24.3. The highest BCUT2D eigenvalue weighted by Crippen LogP contribution is 2.36. The van der Waals surface area contributed by atoms with Crippen molar-refractivity contribution in [2.24, 2.45) is 0 Å². The lowest BCUT2D eigenvalue weighted by Gasteiger charge is -2.09. The number of aromatic nitrogens is 4. The Hall–Kier alpha value is -3.83. The van der Waals surface area contributed by atoms with E-state index < -0.39 is 5.97 Å². The number of methoxy groups -OCH3 is 1. The fourth-order valence-electron chi connectivity index (χ4n) is 3.29. The average molecular weight is 510 g/mol. The molecule has 4 aromatic rings. The highest BCUT2D eigenvalue weighted by atomic mass is 32.2. The number of carbonyl (C=O) groups is 2. The van der Waals surface area contributed by atoms with Crippen molar-refractivity contribution in [3.63, 3.8) is 0 Å². The molecule has 0 aliphatic rings. The van der Waals surface area contributed by atoms with Crippen LogP contribution < -0.4 is 5.32 Å². The molecule has 11 heteroatoms. The van der Waals surface area contributed by atoms with E-state index in [2.05, 4.69) is 27.1 Å². The van der Waals surface area contributed by atoms with Crippen LogP contribution in [0.1, 0.15) is 10.4 Å². The molecule has 3 aromatic heterocycles. The molecular formula is C24H20FN5O3S2. The molecule has 0 aliphatic carbocycles. The van der Waals surface area contributed by atoms with E-state index in [4.69, 9.17) is 4.74 Å². The Morgan fingerprint density at radius 2 is 2.03 bits per heavy atom. The van der Waals surface area contributed by atoms with Gasteiger partial charge in [0.15, 0.2) is 11.0 Å². The van der Waals surface area contributed by atoms with Crippen LogP contribution in [-0.2, 0) is 16.1 Å². The van der Waals surface area contributed by atoms with E-state index in [0.29, 0.717) is 33.7 Å². The molecule has 1 aromatic carbocycles. The van der Waals surface area contributed by atoms with Gasteiger partial charge in [-0.1, -0.05) is 30.0 Å². The number of nitrogens with zero attached hydrogens (tertiary/aromatic N) is 4. The van der Waals surface area contributed by atoms with E-state index in [-0.39, 0.29) is 23.0 Å². The molecule has 0 spiro atoms. The van der Waals surface area contributed by atoms with Crippen LogP contribution in [0.5, 0.6) is 0 Å². The molecule has 0 radical (unpaired) electrons. The van der Waals surface area contributed by atoms with Crippen LogP contribution in [0.3, 0.4) is 0 Å². The van der Waals surface area contributed by atoms with Crippen molar-refractivity contribution in [3.8, 4) is 22.5 Å². The number of amides is 1. The Morgan fingerprint density at radius 1 is 1.23 bits per heavy atom. The highest BCUT2D eigenvalue weighted by Gasteiger charge is 2.23. The lowest BCUT2D eigenvalue weighted by Crippen LogP contribution is -2.16. The third kappa shape index (κ3) is 5.47. The maximum absolute atomic E-state index is 13.3. The molecule has 0 saturated carbocycles. The summed E-state index contributed by atoms with van der Waals surface area (Å²) in [4.78, 5) is 29.4. The fourth-order valence-corrected chi connectivity index (χ4v) is 5.01. The number of hydrogen-bond acceptors (Lipinski definition) is 8. The van der Waals surface area contributed by atoms with E-state index in [1.807, 2.05) is 16.7 Å². The molecular weight excluding hydrogens is 489 g/mol. The Balaban J connectivity index is 1.52. The summed E-state index contributed by atoms with van der Waals surface area (Å²) >= 11 is 2.40. The molecule has 0 bridgehead atoms. The summed E-state index contributed by atoms with van der Waals surface area (Å²) in [5.74, 6) is -0.655. The zero-order valence-corrected chi connectivity index (χ0v) is 20.2. The van der Waals surface area contributed by atoms with Crippen LogP contribution in [-0.4, -0.2) is 44.5 Å². The minimum absolute atomic E-state index is 0.0344. The number of ether oxygens (including phenoxy) is 1. The maximum atomic E-state index is 13.3. The van der Waals surface area contributed by atoms with Crippen molar-refractivity contribution in [1.82, 2.24) is 19.7 Å². The zero-order valence-electron chi connectivity index (χ0n) is 18.6. The second-order valence-electron chi connectivity index (χ2n) is 7.14. The number of allylic oxidation sites excluding steroid dienone is 1. The number of benzene rings is 1. The van der Waals surface area contributed by atoms with E-state index in [9.17, 15) is 14.0 Å². The second kappa shape index (κ2) is 11.1. The molecule has 178 valence electrons.